The molecule has 3 N–H and O–H groups in total. The fourth-order valence-electron chi connectivity index (χ4n) is 3.82. The first-order valence-corrected chi connectivity index (χ1v) is 9.90. The number of halogens is 2. The van der Waals surface area contributed by atoms with Crippen molar-refractivity contribution in [2.24, 2.45) is 5.73 Å². The molecule has 0 amide bonds. The van der Waals surface area contributed by atoms with Gasteiger partial charge in [-0.3, -0.25) is 9.97 Å². The van der Waals surface area contributed by atoms with Gasteiger partial charge in [0.2, 0.25) is 5.95 Å². The third-order valence-corrected chi connectivity index (χ3v) is 5.20. The van der Waals surface area contributed by atoms with Crippen molar-refractivity contribution in [3.8, 4) is 11.4 Å². The van der Waals surface area contributed by atoms with Crippen LogP contribution in [-0.2, 0) is 0 Å². The lowest BCUT2D eigenvalue weighted by molar-refractivity contribution is 0.269. The quantitative estimate of drug-likeness (QED) is 0.522. The number of pyridine rings is 2. The number of anilines is 3. The third-order valence-electron chi connectivity index (χ3n) is 5.20. The fraction of sp³-hybridized carbons (Fsp3) is 0.238. The van der Waals surface area contributed by atoms with E-state index in [9.17, 15) is 8.78 Å². The molecule has 0 aromatic carbocycles. The molecule has 0 radical (unpaired) electrons. The number of aromatic nitrogens is 5. The molecule has 5 rings (SSSR count). The van der Waals surface area contributed by atoms with Gasteiger partial charge in [-0.05, 0) is 36.8 Å². The maximum absolute atomic E-state index is 14.2. The summed E-state index contributed by atoms with van der Waals surface area (Å²) in [6.45, 7) is 0.804. The van der Waals surface area contributed by atoms with E-state index in [1.54, 1.807) is 35.2 Å². The Morgan fingerprint density at radius 1 is 1.06 bits per heavy atom. The molecule has 8 nitrogen and oxygen atoms in total. The number of nitrogens with one attached hydrogen (secondary N) is 1. The minimum absolute atomic E-state index is 0.155. The van der Waals surface area contributed by atoms with E-state index in [-0.39, 0.29) is 18.3 Å². The minimum atomic E-state index is -0.991. The second-order valence-electron chi connectivity index (χ2n) is 7.49. The lowest BCUT2D eigenvalue weighted by atomic mass is 10.0. The highest BCUT2D eigenvalue weighted by Gasteiger charge is 2.26. The van der Waals surface area contributed by atoms with Crippen LogP contribution in [0.3, 0.4) is 0 Å². The summed E-state index contributed by atoms with van der Waals surface area (Å²) in [6, 6.07) is 7.92. The zero-order valence-corrected chi connectivity index (χ0v) is 16.5. The van der Waals surface area contributed by atoms with Gasteiger partial charge in [0.1, 0.15) is 17.6 Å². The Labute approximate surface area is 176 Å². The Morgan fingerprint density at radius 3 is 2.81 bits per heavy atom. The molecule has 0 spiro atoms. The molecular weight excluding hydrogens is 402 g/mol. The van der Waals surface area contributed by atoms with Gasteiger partial charge in [0.15, 0.2) is 5.82 Å². The Bertz CT molecular complexity index is 1220. The number of imidazole rings is 1. The average Bonchev–Trinajstić information content (AvgIpc) is 3.16. The van der Waals surface area contributed by atoms with Gasteiger partial charge in [0.05, 0.1) is 29.3 Å². The van der Waals surface area contributed by atoms with Gasteiger partial charge in [-0.1, -0.05) is 0 Å². The second-order valence-corrected chi connectivity index (χ2v) is 7.49. The molecule has 0 saturated carbocycles. The van der Waals surface area contributed by atoms with Crippen molar-refractivity contribution in [3.63, 3.8) is 0 Å². The highest BCUT2D eigenvalue weighted by molar-refractivity contribution is 5.73. The molecule has 31 heavy (non-hydrogen) atoms. The molecule has 4 aromatic heterocycles. The van der Waals surface area contributed by atoms with E-state index in [4.69, 9.17) is 5.73 Å². The van der Waals surface area contributed by atoms with Gasteiger partial charge < -0.3 is 16.0 Å². The van der Waals surface area contributed by atoms with Crippen LogP contribution in [0.25, 0.3) is 16.9 Å². The van der Waals surface area contributed by atoms with Crippen LogP contribution >= 0.6 is 0 Å². The van der Waals surface area contributed by atoms with E-state index in [0.29, 0.717) is 30.3 Å². The van der Waals surface area contributed by atoms with Gasteiger partial charge in [0.25, 0.3) is 0 Å². The van der Waals surface area contributed by atoms with Crippen LogP contribution in [-0.4, -0.2) is 49.9 Å². The van der Waals surface area contributed by atoms with Crippen LogP contribution in [0, 0.1) is 5.82 Å². The Kier molecular flexibility index (Phi) is 4.91. The van der Waals surface area contributed by atoms with Crippen molar-refractivity contribution in [1.29, 1.82) is 0 Å². The molecule has 0 aliphatic carbocycles. The zero-order chi connectivity index (χ0) is 21.4. The van der Waals surface area contributed by atoms with E-state index in [2.05, 4.69) is 25.4 Å². The van der Waals surface area contributed by atoms with Crippen molar-refractivity contribution in [2.75, 3.05) is 23.3 Å². The molecule has 4 aromatic rings. The predicted molar refractivity (Wildman–Crippen MR) is 113 cm³/mol. The molecule has 1 fully saturated rings. The van der Waals surface area contributed by atoms with Crippen LogP contribution < -0.4 is 16.0 Å². The first kappa shape index (κ1) is 19.3. The summed E-state index contributed by atoms with van der Waals surface area (Å²) in [5.41, 5.74) is 8.69. The van der Waals surface area contributed by atoms with Crippen LogP contribution in [0.5, 0.6) is 0 Å². The average molecular weight is 422 g/mol. The van der Waals surface area contributed by atoms with Crippen LogP contribution in [0.2, 0.25) is 0 Å². The van der Waals surface area contributed by atoms with E-state index in [1.165, 1.54) is 18.3 Å². The summed E-state index contributed by atoms with van der Waals surface area (Å²) in [5, 5.41) is 7.73. The molecule has 5 heterocycles. The standard InChI is InChI=1S/C21H20F2N8/c22-13-8-14(24)12-30(11-13)19-5-7-25-10-18(19)28-21-27-9-15-3-4-17(29-31(15)21)20-16(23)2-1-6-26-20/h1-7,9-10,13-14H,8,11-12,24H2,(H,27,28)/t13-,14+/m1/s1. The zero-order valence-electron chi connectivity index (χ0n) is 16.5. The molecule has 1 saturated heterocycles. The van der Waals surface area contributed by atoms with Crippen molar-refractivity contribution < 1.29 is 8.78 Å². The number of nitrogens with two attached hydrogens (primary N) is 1. The summed E-state index contributed by atoms with van der Waals surface area (Å²) in [6.07, 6.45) is 5.82. The van der Waals surface area contributed by atoms with Crippen LogP contribution in [0.1, 0.15) is 6.42 Å². The lowest BCUT2D eigenvalue weighted by Gasteiger charge is -2.35. The monoisotopic (exact) mass is 422 g/mol. The third kappa shape index (κ3) is 3.77. The molecule has 2 atom stereocenters. The molecule has 0 unspecified atom stereocenters. The molecule has 10 heteroatoms. The van der Waals surface area contributed by atoms with E-state index >= 15 is 0 Å². The van der Waals surface area contributed by atoms with Crippen LogP contribution in [0.15, 0.2) is 55.1 Å². The molecule has 1 aliphatic heterocycles. The number of alkyl halides is 1. The molecular formula is C21H20F2N8. The fourth-order valence-corrected chi connectivity index (χ4v) is 3.82. The normalized spacial score (nSPS) is 19.0. The summed E-state index contributed by atoms with van der Waals surface area (Å²) >= 11 is 0. The van der Waals surface area contributed by atoms with Gasteiger partial charge in [-0.2, -0.15) is 9.61 Å². The summed E-state index contributed by atoms with van der Waals surface area (Å²) in [5.74, 6) is -0.0405. The molecule has 158 valence electrons. The lowest BCUT2D eigenvalue weighted by Crippen LogP contribution is -2.48. The number of nitrogens with zero attached hydrogens (tertiary/aromatic N) is 6. The number of hydrogen-bond acceptors (Lipinski definition) is 7. The SMILES string of the molecule is N[C@H]1C[C@@H](F)CN(c2ccncc2Nc2ncc3ccc(-c4ncccc4F)nn23)C1. The Hall–Kier alpha value is -3.66. The maximum Gasteiger partial charge on any atom is 0.229 e. The maximum atomic E-state index is 14.2. The van der Waals surface area contributed by atoms with Crippen LogP contribution in [0.4, 0.5) is 26.1 Å². The van der Waals surface area contributed by atoms with Crippen molar-refractivity contribution >= 4 is 22.8 Å². The number of piperidine rings is 1. The Balaban J connectivity index is 1.50. The van der Waals surface area contributed by atoms with E-state index in [1.807, 2.05) is 11.0 Å². The summed E-state index contributed by atoms with van der Waals surface area (Å²) in [4.78, 5) is 14.6. The van der Waals surface area contributed by atoms with Crippen molar-refractivity contribution in [2.45, 2.75) is 18.6 Å². The van der Waals surface area contributed by atoms with E-state index in [0.717, 1.165) is 11.2 Å². The number of rotatable bonds is 4. The van der Waals surface area contributed by atoms with Crippen molar-refractivity contribution in [3.05, 3.63) is 60.9 Å². The number of hydrogen-bond donors (Lipinski definition) is 2. The minimum Gasteiger partial charge on any atom is -0.365 e. The smallest absolute Gasteiger partial charge is 0.229 e. The van der Waals surface area contributed by atoms with Gasteiger partial charge in [-0.15, -0.1) is 0 Å². The first-order chi connectivity index (χ1) is 15.1. The topological polar surface area (TPSA) is 97.3 Å². The highest BCUT2D eigenvalue weighted by atomic mass is 19.1. The van der Waals surface area contributed by atoms with Gasteiger partial charge in [0, 0.05) is 31.5 Å². The van der Waals surface area contributed by atoms with E-state index < -0.39 is 12.0 Å². The van der Waals surface area contributed by atoms with Gasteiger partial charge in [-0.25, -0.2) is 13.8 Å². The largest absolute Gasteiger partial charge is 0.365 e. The second kappa shape index (κ2) is 7.88. The summed E-state index contributed by atoms with van der Waals surface area (Å²) in [7, 11) is 0. The van der Waals surface area contributed by atoms with Gasteiger partial charge >= 0.3 is 0 Å². The highest BCUT2D eigenvalue weighted by Crippen LogP contribution is 2.30. The molecule has 1 aliphatic rings. The number of fused-ring (bicyclic) bond motifs is 1. The predicted octanol–water partition coefficient (Wildman–Crippen LogP) is 2.94. The summed E-state index contributed by atoms with van der Waals surface area (Å²) < 4.78 is 29.8. The first-order valence-electron chi connectivity index (χ1n) is 9.90. The van der Waals surface area contributed by atoms with Crippen molar-refractivity contribution in [1.82, 2.24) is 24.6 Å². The molecule has 0 bridgehead atoms. The Morgan fingerprint density at radius 2 is 1.97 bits per heavy atom.